The first-order chi connectivity index (χ1) is 6.74. The lowest BCUT2D eigenvalue weighted by Gasteiger charge is -2.10. The van der Waals surface area contributed by atoms with Crippen molar-refractivity contribution in [3.05, 3.63) is 29.3 Å². The second-order valence-corrected chi connectivity index (χ2v) is 3.82. The Morgan fingerprint density at radius 2 is 2.14 bits per heavy atom. The number of halogens is 1. The van der Waals surface area contributed by atoms with E-state index in [-0.39, 0.29) is 0 Å². The van der Waals surface area contributed by atoms with Gasteiger partial charge in [-0.1, -0.05) is 30.7 Å². The minimum atomic E-state index is 0.498. The topological polar surface area (TPSA) is 35.2 Å². The fraction of sp³-hybridized carbons (Fsp3) is 0.455. The minimum Gasteiger partial charge on any atom is -0.492 e. The first-order valence-electron chi connectivity index (χ1n) is 4.81. The maximum absolute atomic E-state index is 5.92. The predicted octanol–water partition coefficient (Wildman–Crippen LogP) is 2.70. The van der Waals surface area contributed by atoms with Gasteiger partial charge in [0.1, 0.15) is 5.75 Å². The molecule has 0 saturated carbocycles. The highest BCUT2D eigenvalue weighted by molar-refractivity contribution is 6.32. The predicted molar refractivity (Wildman–Crippen MR) is 59.8 cm³/mol. The molecule has 78 valence electrons. The summed E-state index contributed by atoms with van der Waals surface area (Å²) in [5, 5.41) is 0.660. The number of benzene rings is 1. The van der Waals surface area contributed by atoms with Gasteiger partial charge in [0.25, 0.3) is 0 Å². The highest BCUT2D eigenvalue weighted by atomic mass is 35.5. The second-order valence-electron chi connectivity index (χ2n) is 3.41. The summed E-state index contributed by atoms with van der Waals surface area (Å²) in [7, 11) is 0. The Kier molecular flexibility index (Phi) is 4.77. The molecule has 0 bridgehead atoms. The summed E-state index contributed by atoms with van der Waals surface area (Å²) < 4.78 is 5.52. The zero-order valence-corrected chi connectivity index (χ0v) is 9.13. The molecule has 1 aromatic carbocycles. The van der Waals surface area contributed by atoms with Gasteiger partial charge in [0.2, 0.25) is 0 Å². The zero-order valence-electron chi connectivity index (χ0n) is 8.37. The smallest absolute Gasteiger partial charge is 0.137 e. The maximum Gasteiger partial charge on any atom is 0.137 e. The summed E-state index contributed by atoms with van der Waals surface area (Å²) in [6.07, 6.45) is 0.960. The van der Waals surface area contributed by atoms with Crippen LogP contribution in [0.5, 0.6) is 5.75 Å². The van der Waals surface area contributed by atoms with Crippen molar-refractivity contribution in [2.45, 2.75) is 13.3 Å². The lowest BCUT2D eigenvalue weighted by Crippen LogP contribution is -2.13. The van der Waals surface area contributed by atoms with Crippen LogP contribution in [0.1, 0.15) is 13.3 Å². The molecule has 3 heteroatoms. The Morgan fingerprint density at radius 3 is 2.79 bits per heavy atom. The minimum absolute atomic E-state index is 0.498. The summed E-state index contributed by atoms with van der Waals surface area (Å²) in [5.41, 5.74) is 5.50. The molecule has 14 heavy (non-hydrogen) atoms. The zero-order chi connectivity index (χ0) is 10.4. The van der Waals surface area contributed by atoms with Gasteiger partial charge in [-0.25, -0.2) is 0 Å². The van der Waals surface area contributed by atoms with E-state index in [2.05, 4.69) is 6.92 Å². The van der Waals surface area contributed by atoms with E-state index in [0.717, 1.165) is 12.2 Å². The van der Waals surface area contributed by atoms with Gasteiger partial charge in [-0.05, 0) is 31.0 Å². The SMILES string of the molecule is CC(CN)CCOc1ccccc1Cl. The van der Waals surface area contributed by atoms with Crippen molar-refractivity contribution >= 4 is 11.6 Å². The van der Waals surface area contributed by atoms with Gasteiger partial charge >= 0.3 is 0 Å². The standard InChI is InChI=1S/C11H16ClNO/c1-9(8-13)6-7-14-11-5-3-2-4-10(11)12/h2-5,9H,6-8,13H2,1H3. The monoisotopic (exact) mass is 213 g/mol. The van der Waals surface area contributed by atoms with Crippen molar-refractivity contribution in [1.82, 2.24) is 0 Å². The van der Waals surface area contributed by atoms with Crippen LogP contribution in [0.4, 0.5) is 0 Å². The average Bonchev–Trinajstić information content (AvgIpc) is 2.20. The Morgan fingerprint density at radius 1 is 1.43 bits per heavy atom. The molecule has 0 aliphatic heterocycles. The third kappa shape index (κ3) is 3.56. The number of hydrogen-bond acceptors (Lipinski definition) is 2. The van der Waals surface area contributed by atoms with Crippen molar-refractivity contribution in [2.24, 2.45) is 11.7 Å². The highest BCUT2D eigenvalue weighted by Crippen LogP contribution is 2.23. The lowest BCUT2D eigenvalue weighted by atomic mass is 10.1. The van der Waals surface area contributed by atoms with Crippen molar-refractivity contribution in [2.75, 3.05) is 13.2 Å². The van der Waals surface area contributed by atoms with E-state index in [4.69, 9.17) is 22.1 Å². The van der Waals surface area contributed by atoms with Gasteiger partial charge < -0.3 is 10.5 Å². The van der Waals surface area contributed by atoms with Crippen molar-refractivity contribution in [1.29, 1.82) is 0 Å². The molecule has 0 fully saturated rings. The van der Waals surface area contributed by atoms with E-state index in [9.17, 15) is 0 Å². The summed E-state index contributed by atoms with van der Waals surface area (Å²) in [6, 6.07) is 7.49. The van der Waals surface area contributed by atoms with Gasteiger partial charge in [0.05, 0.1) is 11.6 Å². The third-order valence-corrected chi connectivity index (χ3v) is 2.42. The van der Waals surface area contributed by atoms with E-state index in [1.165, 1.54) is 0 Å². The van der Waals surface area contributed by atoms with Gasteiger partial charge in [-0.2, -0.15) is 0 Å². The first-order valence-corrected chi connectivity index (χ1v) is 5.19. The molecule has 1 atom stereocenters. The molecule has 0 saturated heterocycles. The van der Waals surface area contributed by atoms with Crippen LogP contribution < -0.4 is 10.5 Å². The largest absolute Gasteiger partial charge is 0.492 e. The van der Waals surface area contributed by atoms with Crippen LogP contribution in [-0.2, 0) is 0 Å². The van der Waals surface area contributed by atoms with E-state index in [1.54, 1.807) is 0 Å². The van der Waals surface area contributed by atoms with Crippen LogP contribution in [0.15, 0.2) is 24.3 Å². The molecule has 2 nitrogen and oxygen atoms in total. The highest BCUT2D eigenvalue weighted by Gasteiger charge is 2.02. The van der Waals surface area contributed by atoms with Gasteiger partial charge in [-0.3, -0.25) is 0 Å². The third-order valence-electron chi connectivity index (χ3n) is 2.11. The molecule has 0 heterocycles. The number of hydrogen-bond donors (Lipinski definition) is 1. The lowest BCUT2D eigenvalue weighted by molar-refractivity contribution is 0.286. The molecular weight excluding hydrogens is 198 g/mol. The van der Waals surface area contributed by atoms with E-state index in [1.807, 2.05) is 24.3 Å². The van der Waals surface area contributed by atoms with Gasteiger partial charge in [-0.15, -0.1) is 0 Å². The molecule has 2 N–H and O–H groups in total. The fourth-order valence-electron chi connectivity index (χ4n) is 1.05. The number of nitrogens with two attached hydrogens (primary N) is 1. The summed E-state index contributed by atoms with van der Waals surface area (Å²) in [6.45, 7) is 3.48. The number of para-hydroxylation sites is 1. The molecule has 0 spiro atoms. The van der Waals surface area contributed by atoms with Crippen LogP contribution in [0.3, 0.4) is 0 Å². The molecule has 1 unspecified atom stereocenters. The molecular formula is C11H16ClNO. The molecule has 1 rings (SSSR count). The molecule has 0 aliphatic carbocycles. The molecule has 0 aliphatic rings. The van der Waals surface area contributed by atoms with Crippen LogP contribution in [0.25, 0.3) is 0 Å². The number of ether oxygens (including phenoxy) is 1. The molecule has 0 radical (unpaired) electrons. The summed E-state index contributed by atoms with van der Waals surface area (Å²) in [5.74, 6) is 1.25. The van der Waals surface area contributed by atoms with E-state index >= 15 is 0 Å². The van der Waals surface area contributed by atoms with Crippen LogP contribution >= 0.6 is 11.6 Å². The second kappa shape index (κ2) is 5.89. The average molecular weight is 214 g/mol. The quantitative estimate of drug-likeness (QED) is 0.817. The fourth-order valence-corrected chi connectivity index (χ4v) is 1.24. The Bertz CT molecular complexity index is 278. The van der Waals surface area contributed by atoms with Crippen LogP contribution in [0.2, 0.25) is 5.02 Å². The van der Waals surface area contributed by atoms with Crippen molar-refractivity contribution < 1.29 is 4.74 Å². The van der Waals surface area contributed by atoms with Gasteiger partial charge in [0, 0.05) is 0 Å². The van der Waals surface area contributed by atoms with Crippen LogP contribution in [-0.4, -0.2) is 13.2 Å². The summed E-state index contributed by atoms with van der Waals surface area (Å²) in [4.78, 5) is 0. The van der Waals surface area contributed by atoms with Crippen LogP contribution in [0, 0.1) is 5.92 Å². The van der Waals surface area contributed by atoms with E-state index < -0.39 is 0 Å². The van der Waals surface area contributed by atoms with Gasteiger partial charge in [0.15, 0.2) is 0 Å². The Balaban J connectivity index is 2.35. The Hall–Kier alpha value is -0.730. The molecule has 1 aromatic rings. The first kappa shape index (κ1) is 11.3. The summed E-state index contributed by atoms with van der Waals surface area (Å²) >= 11 is 5.92. The van der Waals surface area contributed by atoms with Crippen molar-refractivity contribution in [3.8, 4) is 5.75 Å². The normalized spacial score (nSPS) is 12.5. The molecule has 0 amide bonds. The number of rotatable bonds is 5. The Labute approximate surface area is 90.0 Å². The molecule has 0 aromatic heterocycles. The maximum atomic E-state index is 5.92. The van der Waals surface area contributed by atoms with E-state index in [0.29, 0.717) is 24.1 Å². The van der Waals surface area contributed by atoms with Crippen molar-refractivity contribution in [3.63, 3.8) is 0 Å².